The van der Waals surface area contributed by atoms with Crippen LogP contribution < -0.4 is 4.74 Å². The Labute approximate surface area is 106 Å². The van der Waals surface area contributed by atoms with E-state index in [0.29, 0.717) is 5.88 Å². The Morgan fingerprint density at radius 3 is 2.39 bits per heavy atom. The van der Waals surface area contributed by atoms with Gasteiger partial charge in [0.05, 0.1) is 12.8 Å². The average Bonchev–Trinajstić information content (AvgIpc) is 2.47. The molecule has 0 bridgehead atoms. The summed E-state index contributed by atoms with van der Waals surface area (Å²) in [5.74, 6) is 0.646. The minimum absolute atomic E-state index is 0.646. The summed E-state index contributed by atoms with van der Waals surface area (Å²) in [4.78, 5) is 4.57. The van der Waals surface area contributed by atoms with Gasteiger partial charge in [0.15, 0.2) is 0 Å². The second-order valence-electron chi connectivity index (χ2n) is 4.10. The molecule has 0 aliphatic rings. The molecule has 0 saturated carbocycles. The van der Waals surface area contributed by atoms with Gasteiger partial charge in [0.2, 0.25) is 5.88 Å². The van der Waals surface area contributed by atoms with E-state index < -0.39 is 0 Å². The lowest BCUT2D eigenvalue weighted by Crippen LogP contribution is -1.92. The van der Waals surface area contributed by atoms with Gasteiger partial charge in [-0.3, -0.25) is 0 Å². The monoisotopic (exact) mass is 235 g/mol. The maximum absolute atomic E-state index is 5.27. The molecule has 2 heteroatoms. The van der Waals surface area contributed by atoms with E-state index in [0.717, 1.165) is 22.0 Å². The Morgan fingerprint density at radius 1 is 0.889 bits per heavy atom. The summed E-state index contributed by atoms with van der Waals surface area (Å²) in [5.41, 5.74) is 2.07. The molecule has 0 saturated heterocycles. The number of rotatable bonds is 2. The lowest BCUT2D eigenvalue weighted by Gasteiger charge is -2.08. The van der Waals surface area contributed by atoms with E-state index in [4.69, 9.17) is 4.74 Å². The number of fused-ring (bicyclic) bond motifs is 1. The summed E-state index contributed by atoms with van der Waals surface area (Å²) in [5, 5.41) is 2.28. The molecular weight excluding hydrogens is 222 g/mol. The Morgan fingerprint density at radius 2 is 1.61 bits per heavy atom. The lowest BCUT2D eigenvalue weighted by molar-refractivity contribution is 0.399. The van der Waals surface area contributed by atoms with Crippen LogP contribution in [0.15, 0.2) is 60.7 Å². The summed E-state index contributed by atoms with van der Waals surface area (Å²) < 4.78 is 5.27. The van der Waals surface area contributed by atoms with Crippen molar-refractivity contribution in [2.75, 3.05) is 7.11 Å². The van der Waals surface area contributed by atoms with Crippen LogP contribution in [0, 0.1) is 0 Å². The van der Waals surface area contributed by atoms with Crippen molar-refractivity contribution >= 4 is 10.8 Å². The number of benzene rings is 2. The molecule has 0 aliphatic heterocycles. The summed E-state index contributed by atoms with van der Waals surface area (Å²) in [6, 6.07) is 20.3. The molecule has 0 fully saturated rings. The van der Waals surface area contributed by atoms with Gasteiger partial charge in [-0.15, -0.1) is 0 Å². The zero-order chi connectivity index (χ0) is 12.4. The first-order valence-electron chi connectivity index (χ1n) is 5.87. The topological polar surface area (TPSA) is 22.1 Å². The second-order valence-corrected chi connectivity index (χ2v) is 4.10. The van der Waals surface area contributed by atoms with Gasteiger partial charge in [-0.25, -0.2) is 4.98 Å². The Balaban J connectivity index is 2.33. The third-order valence-corrected chi connectivity index (χ3v) is 2.97. The van der Waals surface area contributed by atoms with Crippen molar-refractivity contribution in [3.8, 4) is 17.1 Å². The van der Waals surface area contributed by atoms with Gasteiger partial charge >= 0.3 is 0 Å². The summed E-state index contributed by atoms with van der Waals surface area (Å²) in [7, 11) is 1.64. The third-order valence-electron chi connectivity index (χ3n) is 2.97. The molecule has 2 nitrogen and oxygen atoms in total. The van der Waals surface area contributed by atoms with Crippen LogP contribution in [0.25, 0.3) is 22.0 Å². The molecule has 88 valence electrons. The van der Waals surface area contributed by atoms with Crippen molar-refractivity contribution in [2.24, 2.45) is 0 Å². The van der Waals surface area contributed by atoms with Gasteiger partial charge in [-0.05, 0) is 5.39 Å². The zero-order valence-electron chi connectivity index (χ0n) is 10.1. The van der Waals surface area contributed by atoms with Crippen LogP contribution in [0.5, 0.6) is 5.88 Å². The second kappa shape index (κ2) is 4.49. The standard InChI is InChI=1S/C16H13NO/c1-18-15-11-13-9-5-6-10-14(13)16(17-15)12-7-3-2-4-8-12/h2-11H,1H3. The first-order valence-corrected chi connectivity index (χ1v) is 5.87. The van der Waals surface area contributed by atoms with Gasteiger partial charge in [0.25, 0.3) is 0 Å². The van der Waals surface area contributed by atoms with Gasteiger partial charge in [0, 0.05) is 17.0 Å². The molecular formula is C16H13NO. The highest BCUT2D eigenvalue weighted by Crippen LogP contribution is 2.29. The molecule has 18 heavy (non-hydrogen) atoms. The first kappa shape index (κ1) is 10.8. The van der Waals surface area contributed by atoms with Crippen LogP contribution in [0.3, 0.4) is 0 Å². The van der Waals surface area contributed by atoms with Crippen molar-refractivity contribution < 1.29 is 4.74 Å². The summed E-state index contributed by atoms with van der Waals surface area (Å²) >= 11 is 0. The highest BCUT2D eigenvalue weighted by atomic mass is 16.5. The van der Waals surface area contributed by atoms with E-state index in [-0.39, 0.29) is 0 Å². The molecule has 3 aromatic rings. The largest absolute Gasteiger partial charge is 0.481 e. The zero-order valence-corrected chi connectivity index (χ0v) is 10.1. The van der Waals surface area contributed by atoms with Gasteiger partial charge in [0.1, 0.15) is 0 Å². The van der Waals surface area contributed by atoms with Crippen molar-refractivity contribution in [2.45, 2.75) is 0 Å². The number of aromatic nitrogens is 1. The van der Waals surface area contributed by atoms with E-state index >= 15 is 0 Å². The normalized spacial score (nSPS) is 10.5. The predicted molar refractivity (Wildman–Crippen MR) is 73.7 cm³/mol. The number of hydrogen-bond donors (Lipinski definition) is 0. The van der Waals surface area contributed by atoms with Crippen molar-refractivity contribution in [1.82, 2.24) is 4.98 Å². The molecule has 0 N–H and O–H groups in total. The van der Waals surface area contributed by atoms with Crippen LogP contribution in [0.1, 0.15) is 0 Å². The van der Waals surface area contributed by atoms with Crippen molar-refractivity contribution in [1.29, 1.82) is 0 Å². The molecule has 3 rings (SSSR count). The Bertz CT molecular complexity index is 677. The van der Waals surface area contributed by atoms with E-state index in [1.54, 1.807) is 7.11 Å². The van der Waals surface area contributed by atoms with Gasteiger partial charge in [-0.1, -0.05) is 54.6 Å². The average molecular weight is 235 g/mol. The fourth-order valence-electron chi connectivity index (χ4n) is 2.09. The summed E-state index contributed by atoms with van der Waals surface area (Å²) in [6.45, 7) is 0. The Kier molecular flexibility index (Phi) is 2.69. The van der Waals surface area contributed by atoms with Crippen LogP contribution in [-0.2, 0) is 0 Å². The summed E-state index contributed by atoms with van der Waals surface area (Å²) in [6.07, 6.45) is 0. The molecule has 1 heterocycles. The van der Waals surface area contributed by atoms with Crippen molar-refractivity contribution in [3.05, 3.63) is 60.7 Å². The molecule has 2 aromatic carbocycles. The maximum Gasteiger partial charge on any atom is 0.214 e. The maximum atomic E-state index is 5.27. The minimum Gasteiger partial charge on any atom is -0.481 e. The van der Waals surface area contributed by atoms with E-state index in [9.17, 15) is 0 Å². The van der Waals surface area contributed by atoms with Gasteiger partial charge < -0.3 is 4.74 Å². The molecule has 0 spiro atoms. The third kappa shape index (κ3) is 1.82. The van der Waals surface area contributed by atoms with Gasteiger partial charge in [-0.2, -0.15) is 0 Å². The number of nitrogens with zero attached hydrogens (tertiary/aromatic N) is 1. The fourth-order valence-corrected chi connectivity index (χ4v) is 2.09. The molecule has 0 unspecified atom stereocenters. The predicted octanol–water partition coefficient (Wildman–Crippen LogP) is 3.91. The van der Waals surface area contributed by atoms with Crippen LogP contribution in [0.4, 0.5) is 0 Å². The molecule has 0 radical (unpaired) electrons. The van der Waals surface area contributed by atoms with Crippen LogP contribution in [-0.4, -0.2) is 12.1 Å². The molecule has 0 aliphatic carbocycles. The highest BCUT2D eigenvalue weighted by Gasteiger charge is 2.07. The first-order chi connectivity index (χ1) is 8.88. The molecule has 0 atom stereocenters. The van der Waals surface area contributed by atoms with E-state index in [1.807, 2.05) is 36.4 Å². The highest BCUT2D eigenvalue weighted by molar-refractivity contribution is 5.95. The smallest absolute Gasteiger partial charge is 0.214 e. The quantitative estimate of drug-likeness (QED) is 0.671. The minimum atomic E-state index is 0.646. The SMILES string of the molecule is COc1cc2ccccc2c(-c2ccccc2)n1. The van der Waals surface area contributed by atoms with E-state index in [1.165, 1.54) is 0 Å². The van der Waals surface area contributed by atoms with Crippen LogP contribution >= 0.6 is 0 Å². The molecule has 0 amide bonds. The van der Waals surface area contributed by atoms with E-state index in [2.05, 4.69) is 29.2 Å². The fraction of sp³-hybridized carbons (Fsp3) is 0.0625. The lowest BCUT2D eigenvalue weighted by atomic mass is 10.0. The number of methoxy groups -OCH3 is 1. The number of pyridine rings is 1. The van der Waals surface area contributed by atoms with Crippen LogP contribution in [0.2, 0.25) is 0 Å². The Hall–Kier alpha value is -2.35. The number of hydrogen-bond acceptors (Lipinski definition) is 2. The molecule has 1 aromatic heterocycles. The van der Waals surface area contributed by atoms with Crippen molar-refractivity contribution in [3.63, 3.8) is 0 Å². The number of ether oxygens (including phenoxy) is 1.